The van der Waals surface area contributed by atoms with Crippen molar-refractivity contribution in [3.8, 4) is 0 Å². The minimum Gasteiger partial charge on any atom is -0.340 e. The molecule has 2 unspecified atom stereocenters. The Hall–Kier alpha value is -2.01. The summed E-state index contributed by atoms with van der Waals surface area (Å²) < 4.78 is 29.0. The summed E-state index contributed by atoms with van der Waals surface area (Å²) >= 11 is 0. The first kappa shape index (κ1) is 24.6. The van der Waals surface area contributed by atoms with Crippen LogP contribution < -0.4 is 5.32 Å². The Kier molecular flexibility index (Phi) is 8.26. The molecule has 2 saturated heterocycles. The summed E-state index contributed by atoms with van der Waals surface area (Å²) in [7, 11) is -1.54. The van der Waals surface area contributed by atoms with Crippen LogP contribution in [0.25, 0.3) is 0 Å². The normalized spacial score (nSPS) is 21.2. The lowest BCUT2D eigenvalue weighted by atomic mass is 9.97. The van der Waals surface area contributed by atoms with E-state index in [1.54, 1.807) is 29.2 Å². The highest BCUT2D eigenvalue weighted by Gasteiger charge is 2.37. The van der Waals surface area contributed by atoms with Crippen molar-refractivity contribution in [2.24, 2.45) is 5.92 Å². The van der Waals surface area contributed by atoms with Crippen molar-refractivity contribution in [2.45, 2.75) is 26.3 Å². The fraction of sp³-hybridized carbons (Fsp3) is 0.636. The molecule has 2 heterocycles. The third-order valence-corrected chi connectivity index (χ3v) is 8.50. The maximum absolute atomic E-state index is 13.3. The van der Waals surface area contributed by atoms with Gasteiger partial charge in [-0.2, -0.15) is 17.0 Å². The molecule has 1 N–H and O–H groups in total. The van der Waals surface area contributed by atoms with Crippen molar-refractivity contribution >= 4 is 22.0 Å². The first-order chi connectivity index (χ1) is 15.2. The van der Waals surface area contributed by atoms with E-state index in [1.165, 1.54) is 8.61 Å². The minimum atomic E-state index is -3.52. The van der Waals surface area contributed by atoms with Gasteiger partial charge in [-0.05, 0) is 25.1 Å². The zero-order valence-electron chi connectivity index (χ0n) is 19.2. The first-order valence-electron chi connectivity index (χ1n) is 11.3. The van der Waals surface area contributed by atoms with Crippen molar-refractivity contribution in [2.75, 3.05) is 59.4 Å². The van der Waals surface area contributed by atoms with E-state index in [1.807, 2.05) is 27.0 Å². The van der Waals surface area contributed by atoms with Gasteiger partial charge in [0.05, 0.1) is 0 Å². The molecule has 10 heteroatoms. The summed E-state index contributed by atoms with van der Waals surface area (Å²) in [5, 5.41) is 2.90. The Balaban J connectivity index is 1.62. The van der Waals surface area contributed by atoms with Crippen LogP contribution in [0.4, 0.5) is 0 Å². The maximum atomic E-state index is 13.3. The predicted molar refractivity (Wildman–Crippen MR) is 123 cm³/mol. The lowest BCUT2D eigenvalue weighted by molar-refractivity contribution is -0.135. The predicted octanol–water partition coefficient (Wildman–Crippen LogP) is 0.468. The largest absolute Gasteiger partial charge is 0.340 e. The smallest absolute Gasteiger partial charge is 0.282 e. The number of benzene rings is 1. The molecule has 0 bridgehead atoms. The Morgan fingerprint density at radius 1 is 0.938 bits per heavy atom. The fourth-order valence-corrected chi connectivity index (χ4v) is 5.59. The number of carbonyl (C=O) groups excluding carboxylic acids is 2. The molecule has 1 aromatic rings. The van der Waals surface area contributed by atoms with Crippen LogP contribution in [0.15, 0.2) is 30.3 Å². The molecule has 0 spiro atoms. The third kappa shape index (κ3) is 5.67. The van der Waals surface area contributed by atoms with E-state index in [9.17, 15) is 18.0 Å². The van der Waals surface area contributed by atoms with Gasteiger partial charge < -0.3 is 15.1 Å². The van der Waals surface area contributed by atoms with E-state index >= 15 is 0 Å². The lowest BCUT2D eigenvalue weighted by Gasteiger charge is -2.40. The Morgan fingerprint density at radius 3 is 2.00 bits per heavy atom. The van der Waals surface area contributed by atoms with Crippen molar-refractivity contribution in [3.05, 3.63) is 35.9 Å². The summed E-state index contributed by atoms with van der Waals surface area (Å²) in [6.07, 6.45) is 0.739. The van der Waals surface area contributed by atoms with Crippen molar-refractivity contribution in [3.63, 3.8) is 0 Å². The number of rotatable bonds is 7. The van der Waals surface area contributed by atoms with Gasteiger partial charge >= 0.3 is 0 Å². The van der Waals surface area contributed by atoms with E-state index in [2.05, 4.69) is 10.2 Å². The van der Waals surface area contributed by atoms with Crippen LogP contribution in [0.3, 0.4) is 0 Å². The fourth-order valence-electron chi connectivity index (χ4n) is 4.02. The highest BCUT2D eigenvalue weighted by Crippen LogP contribution is 2.17. The monoisotopic (exact) mass is 465 g/mol. The van der Waals surface area contributed by atoms with Gasteiger partial charge in [0.25, 0.3) is 16.1 Å². The Bertz CT molecular complexity index is 879. The van der Waals surface area contributed by atoms with Crippen molar-refractivity contribution in [1.29, 1.82) is 0 Å². The standard InChI is InChI=1S/C22H35N5O4S/c1-4-18(2)20(23-21(28)19-8-6-5-7-9-19)22(29)25-12-16-27(17-13-25)32(30,31)26-14-10-24(3)11-15-26/h5-9,18,20H,4,10-17H2,1-3H3,(H,23,28). The van der Waals surface area contributed by atoms with E-state index in [0.717, 1.165) is 19.5 Å². The van der Waals surface area contributed by atoms with E-state index < -0.39 is 16.3 Å². The SMILES string of the molecule is CCC(C)C(NC(=O)c1ccccc1)C(=O)N1CCN(S(=O)(=O)N2CCN(C)CC2)CC1. The van der Waals surface area contributed by atoms with Crippen LogP contribution in [0.2, 0.25) is 0 Å². The third-order valence-electron chi connectivity index (χ3n) is 6.47. The number of likely N-dealkylation sites (N-methyl/N-ethyl adjacent to an activating group) is 1. The molecule has 2 atom stereocenters. The lowest BCUT2D eigenvalue weighted by Crippen LogP contribution is -2.59. The number of piperazine rings is 2. The molecular weight excluding hydrogens is 430 g/mol. The molecule has 2 amide bonds. The number of nitrogens with zero attached hydrogens (tertiary/aromatic N) is 4. The molecule has 3 rings (SSSR count). The van der Waals surface area contributed by atoms with Crippen molar-refractivity contribution in [1.82, 2.24) is 23.7 Å². The summed E-state index contributed by atoms with van der Waals surface area (Å²) in [5.74, 6) is -0.469. The second-order valence-electron chi connectivity index (χ2n) is 8.64. The summed E-state index contributed by atoms with van der Waals surface area (Å²) in [6, 6.07) is 8.20. The second kappa shape index (κ2) is 10.7. The number of amides is 2. The van der Waals surface area contributed by atoms with Crippen LogP contribution in [0, 0.1) is 5.92 Å². The average molecular weight is 466 g/mol. The molecule has 2 fully saturated rings. The molecule has 178 valence electrons. The molecular formula is C22H35N5O4S. The molecule has 0 aliphatic carbocycles. The number of carbonyl (C=O) groups is 2. The van der Waals surface area contributed by atoms with Crippen LogP contribution in [0.1, 0.15) is 30.6 Å². The van der Waals surface area contributed by atoms with Crippen LogP contribution in [-0.4, -0.2) is 104 Å². The zero-order valence-corrected chi connectivity index (χ0v) is 20.1. The van der Waals surface area contributed by atoms with E-state index in [0.29, 0.717) is 31.7 Å². The topological polar surface area (TPSA) is 93.3 Å². The zero-order chi connectivity index (χ0) is 23.3. The van der Waals surface area contributed by atoms with Crippen molar-refractivity contribution < 1.29 is 18.0 Å². The summed E-state index contributed by atoms with van der Waals surface area (Å²) in [4.78, 5) is 29.7. The average Bonchev–Trinajstić information content (AvgIpc) is 2.82. The van der Waals surface area contributed by atoms with Crippen LogP contribution in [0.5, 0.6) is 0 Å². The van der Waals surface area contributed by atoms with E-state index in [-0.39, 0.29) is 30.8 Å². The molecule has 1 aromatic carbocycles. The molecule has 0 radical (unpaired) electrons. The highest BCUT2D eigenvalue weighted by atomic mass is 32.2. The summed E-state index contributed by atoms with van der Waals surface area (Å²) in [6.45, 7) is 7.51. The molecule has 32 heavy (non-hydrogen) atoms. The van der Waals surface area contributed by atoms with E-state index in [4.69, 9.17) is 0 Å². The second-order valence-corrected chi connectivity index (χ2v) is 10.6. The minimum absolute atomic E-state index is 0.0396. The number of nitrogens with one attached hydrogen (secondary N) is 1. The molecule has 2 aliphatic rings. The van der Waals surface area contributed by atoms with Gasteiger partial charge in [-0.15, -0.1) is 0 Å². The number of hydrogen-bond donors (Lipinski definition) is 1. The quantitative estimate of drug-likeness (QED) is 0.632. The first-order valence-corrected chi connectivity index (χ1v) is 12.7. The molecule has 0 aromatic heterocycles. The van der Waals surface area contributed by atoms with Gasteiger partial charge in [0.1, 0.15) is 6.04 Å². The molecule has 0 saturated carbocycles. The summed E-state index contributed by atoms with van der Waals surface area (Å²) in [5.41, 5.74) is 0.511. The number of hydrogen-bond acceptors (Lipinski definition) is 5. The Morgan fingerprint density at radius 2 is 1.47 bits per heavy atom. The highest BCUT2D eigenvalue weighted by molar-refractivity contribution is 7.86. The van der Waals surface area contributed by atoms with Gasteiger partial charge in [0.2, 0.25) is 5.91 Å². The Labute approximate surface area is 191 Å². The van der Waals surface area contributed by atoms with Gasteiger partial charge in [-0.3, -0.25) is 9.59 Å². The van der Waals surface area contributed by atoms with Gasteiger partial charge in [0.15, 0.2) is 0 Å². The van der Waals surface area contributed by atoms with Crippen LogP contribution >= 0.6 is 0 Å². The van der Waals surface area contributed by atoms with Gasteiger partial charge in [0, 0.05) is 57.9 Å². The van der Waals surface area contributed by atoms with Crippen LogP contribution in [-0.2, 0) is 15.0 Å². The molecule has 2 aliphatic heterocycles. The van der Waals surface area contributed by atoms with Gasteiger partial charge in [-0.1, -0.05) is 38.5 Å². The maximum Gasteiger partial charge on any atom is 0.282 e. The van der Waals surface area contributed by atoms with Gasteiger partial charge in [-0.25, -0.2) is 0 Å². The molecule has 9 nitrogen and oxygen atoms in total.